The van der Waals surface area contributed by atoms with Gasteiger partial charge < -0.3 is 9.84 Å². The summed E-state index contributed by atoms with van der Waals surface area (Å²) in [5.74, 6) is -0.330. The van der Waals surface area contributed by atoms with Crippen molar-refractivity contribution in [1.29, 1.82) is 0 Å². The number of phenols is 1. The van der Waals surface area contributed by atoms with Crippen molar-refractivity contribution >= 4 is 10.9 Å². The topological polar surface area (TPSA) is 64.3 Å². The first-order valence-electron chi connectivity index (χ1n) is 6.80. The van der Waals surface area contributed by atoms with Gasteiger partial charge in [0.05, 0.1) is 17.6 Å². The SMILES string of the molecule is O=c1ncc2ccc(-c3c(O)cccc3F)c3c2n1CCO3. The number of ether oxygens (including phenoxy) is 1. The molecule has 4 rings (SSSR count). The third kappa shape index (κ3) is 1.70. The van der Waals surface area contributed by atoms with Gasteiger partial charge in [-0.3, -0.25) is 4.57 Å². The number of nitrogens with zero attached hydrogens (tertiary/aromatic N) is 2. The maximum atomic E-state index is 14.2. The maximum Gasteiger partial charge on any atom is 0.348 e. The van der Waals surface area contributed by atoms with E-state index in [0.717, 1.165) is 5.39 Å². The molecule has 1 aromatic heterocycles. The van der Waals surface area contributed by atoms with E-state index in [4.69, 9.17) is 4.74 Å². The molecule has 1 aliphatic heterocycles. The quantitative estimate of drug-likeness (QED) is 0.748. The fourth-order valence-corrected chi connectivity index (χ4v) is 2.83. The summed E-state index contributed by atoms with van der Waals surface area (Å²) in [5, 5.41) is 10.7. The van der Waals surface area contributed by atoms with Crippen LogP contribution < -0.4 is 10.4 Å². The molecule has 0 bridgehead atoms. The van der Waals surface area contributed by atoms with Crippen LogP contribution in [0.3, 0.4) is 0 Å². The van der Waals surface area contributed by atoms with Crippen LogP contribution in [0.25, 0.3) is 22.0 Å². The van der Waals surface area contributed by atoms with E-state index in [-0.39, 0.29) is 17.0 Å². The molecule has 0 spiro atoms. The molecule has 0 fully saturated rings. The Morgan fingerprint density at radius 2 is 2.14 bits per heavy atom. The van der Waals surface area contributed by atoms with Crippen molar-refractivity contribution in [2.75, 3.05) is 6.61 Å². The highest BCUT2D eigenvalue weighted by Gasteiger charge is 2.22. The molecule has 2 aromatic carbocycles. The van der Waals surface area contributed by atoms with Gasteiger partial charge in [-0.1, -0.05) is 12.1 Å². The Hall–Kier alpha value is -2.89. The van der Waals surface area contributed by atoms with Crippen molar-refractivity contribution < 1.29 is 14.2 Å². The van der Waals surface area contributed by atoms with Crippen molar-refractivity contribution in [3.63, 3.8) is 0 Å². The lowest BCUT2D eigenvalue weighted by molar-refractivity contribution is 0.284. The van der Waals surface area contributed by atoms with Crippen molar-refractivity contribution in [1.82, 2.24) is 9.55 Å². The average Bonchev–Trinajstić information content (AvgIpc) is 2.52. The summed E-state index contributed by atoms with van der Waals surface area (Å²) in [6.07, 6.45) is 1.47. The monoisotopic (exact) mass is 298 g/mol. The number of hydrogen-bond donors (Lipinski definition) is 1. The number of aromatic nitrogens is 2. The Labute approximate surface area is 124 Å². The largest absolute Gasteiger partial charge is 0.507 e. The van der Waals surface area contributed by atoms with Crippen LogP contribution >= 0.6 is 0 Å². The zero-order valence-corrected chi connectivity index (χ0v) is 11.4. The Kier molecular flexibility index (Phi) is 2.66. The van der Waals surface area contributed by atoms with Gasteiger partial charge >= 0.3 is 5.69 Å². The van der Waals surface area contributed by atoms with E-state index in [2.05, 4.69) is 4.98 Å². The van der Waals surface area contributed by atoms with Crippen molar-refractivity contribution in [3.05, 3.63) is 52.8 Å². The van der Waals surface area contributed by atoms with E-state index in [1.54, 1.807) is 12.1 Å². The summed E-state index contributed by atoms with van der Waals surface area (Å²) in [6, 6.07) is 7.52. The molecular weight excluding hydrogens is 287 g/mol. The number of aromatic hydroxyl groups is 1. The highest BCUT2D eigenvalue weighted by molar-refractivity contribution is 5.93. The summed E-state index contributed by atoms with van der Waals surface area (Å²) in [4.78, 5) is 15.7. The van der Waals surface area contributed by atoms with Gasteiger partial charge in [0.25, 0.3) is 0 Å². The van der Waals surface area contributed by atoms with Crippen LogP contribution in [0, 0.1) is 5.82 Å². The molecule has 0 unspecified atom stereocenters. The molecule has 1 N–H and O–H groups in total. The normalized spacial score (nSPS) is 13.1. The van der Waals surface area contributed by atoms with Gasteiger partial charge in [0.15, 0.2) is 5.75 Å². The maximum absolute atomic E-state index is 14.2. The smallest absolute Gasteiger partial charge is 0.348 e. The highest BCUT2D eigenvalue weighted by Crippen LogP contribution is 2.42. The standard InChI is InChI=1S/C16H11FN2O3/c17-11-2-1-3-12(20)13(11)10-5-4-9-8-18-16(21)19-6-7-22-15(10)14(9)19/h1-5,8,20H,6-7H2. The number of halogens is 1. The van der Waals surface area contributed by atoms with E-state index in [9.17, 15) is 14.3 Å². The number of rotatable bonds is 1. The molecule has 0 radical (unpaired) electrons. The van der Waals surface area contributed by atoms with Gasteiger partial charge in [-0.15, -0.1) is 0 Å². The molecule has 6 heteroatoms. The predicted molar refractivity (Wildman–Crippen MR) is 78.6 cm³/mol. The van der Waals surface area contributed by atoms with Gasteiger partial charge in [-0.05, 0) is 18.2 Å². The fourth-order valence-electron chi connectivity index (χ4n) is 2.83. The van der Waals surface area contributed by atoms with Crippen molar-refractivity contribution in [2.24, 2.45) is 0 Å². The molecule has 2 heterocycles. The Morgan fingerprint density at radius 1 is 1.27 bits per heavy atom. The first-order valence-corrected chi connectivity index (χ1v) is 6.80. The van der Waals surface area contributed by atoms with E-state index >= 15 is 0 Å². The van der Waals surface area contributed by atoms with E-state index in [1.807, 2.05) is 0 Å². The Morgan fingerprint density at radius 3 is 2.95 bits per heavy atom. The second-order valence-corrected chi connectivity index (χ2v) is 5.05. The third-order valence-electron chi connectivity index (χ3n) is 3.80. The van der Waals surface area contributed by atoms with Crippen molar-refractivity contribution in [2.45, 2.75) is 6.54 Å². The van der Waals surface area contributed by atoms with E-state index in [1.165, 1.54) is 29.0 Å². The number of benzene rings is 2. The molecule has 0 atom stereocenters. The summed E-state index contributed by atoms with van der Waals surface area (Å²) in [5.41, 5.74) is 0.692. The molecule has 3 aromatic rings. The van der Waals surface area contributed by atoms with Crippen LogP contribution in [0.1, 0.15) is 0 Å². The Balaban J connectivity index is 2.14. The average molecular weight is 298 g/mol. The predicted octanol–water partition coefficient (Wildman–Crippen LogP) is 2.30. The molecule has 0 saturated carbocycles. The van der Waals surface area contributed by atoms with Gasteiger partial charge in [-0.2, -0.15) is 0 Å². The van der Waals surface area contributed by atoms with Gasteiger partial charge in [0.1, 0.15) is 18.2 Å². The minimum atomic E-state index is -0.548. The summed E-state index contributed by atoms with van der Waals surface area (Å²) in [6.45, 7) is 0.683. The van der Waals surface area contributed by atoms with Crippen LogP contribution in [0.5, 0.6) is 11.5 Å². The molecule has 1 aliphatic rings. The van der Waals surface area contributed by atoms with Gasteiger partial charge in [-0.25, -0.2) is 14.2 Å². The first-order chi connectivity index (χ1) is 10.7. The highest BCUT2D eigenvalue weighted by atomic mass is 19.1. The van der Waals surface area contributed by atoms with Crippen LogP contribution in [0.2, 0.25) is 0 Å². The molecular formula is C16H11FN2O3. The van der Waals surface area contributed by atoms with Gasteiger partial charge in [0.2, 0.25) is 0 Å². The molecule has 0 amide bonds. The molecule has 5 nitrogen and oxygen atoms in total. The lowest BCUT2D eigenvalue weighted by atomic mass is 10.0. The van der Waals surface area contributed by atoms with Crippen molar-refractivity contribution in [3.8, 4) is 22.6 Å². The van der Waals surface area contributed by atoms with E-state index < -0.39 is 5.82 Å². The second kappa shape index (κ2) is 4.56. The second-order valence-electron chi connectivity index (χ2n) is 5.05. The summed E-state index contributed by atoms with van der Waals surface area (Å²) in [7, 11) is 0. The number of hydrogen-bond acceptors (Lipinski definition) is 4. The molecule has 22 heavy (non-hydrogen) atoms. The summed E-state index contributed by atoms with van der Waals surface area (Å²) < 4.78 is 21.3. The fraction of sp³-hybridized carbons (Fsp3) is 0.125. The molecule has 0 saturated heterocycles. The molecule has 0 aliphatic carbocycles. The minimum Gasteiger partial charge on any atom is -0.507 e. The Bertz CT molecular complexity index is 945. The van der Waals surface area contributed by atoms with Crippen LogP contribution in [-0.2, 0) is 6.54 Å². The van der Waals surface area contributed by atoms with Crippen LogP contribution in [-0.4, -0.2) is 21.3 Å². The number of phenolic OH excluding ortho intramolecular Hbond substituents is 1. The van der Waals surface area contributed by atoms with Gasteiger partial charge in [0, 0.05) is 17.1 Å². The summed E-state index contributed by atoms with van der Waals surface area (Å²) >= 11 is 0. The molecule has 110 valence electrons. The van der Waals surface area contributed by atoms with Crippen LogP contribution in [0.4, 0.5) is 4.39 Å². The lowest BCUT2D eigenvalue weighted by Crippen LogP contribution is -2.29. The third-order valence-corrected chi connectivity index (χ3v) is 3.80. The van der Waals surface area contributed by atoms with Crippen LogP contribution in [0.15, 0.2) is 41.3 Å². The van der Waals surface area contributed by atoms with E-state index in [0.29, 0.717) is 30.0 Å². The zero-order valence-electron chi connectivity index (χ0n) is 11.4. The minimum absolute atomic E-state index is 0.0668. The lowest BCUT2D eigenvalue weighted by Gasteiger charge is -2.22. The zero-order chi connectivity index (χ0) is 15.3. The first kappa shape index (κ1) is 12.8.